The summed E-state index contributed by atoms with van der Waals surface area (Å²) in [6, 6.07) is 10.2. The molecule has 98 valence electrons. The molecule has 0 aromatic heterocycles. The predicted molar refractivity (Wildman–Crippen MR) is 72.4 cm³/mol. The van der Waals surface area contributed by atoms with Gasteiger partial charge < -0.3 is 10.1 Å². The number of benzene rings is 1. The molecule has 1 N–H and O–H groups in total. The molecule has 3 heteroatoms. The Hall–Kier alpha value is -1.51. The summed E-state index contributed by atoms with van der Waals surface area (Å²) in [4.78, 5) is 11.8. The molecule has 2 rings (SSSR count). The van der Waals surface area contributed by atoms with Crippen molar-refractivity contribution in [2.24, 2.45) is 11.3 Å². The predicted octanol–water partition coefficient (Wildman–Crippen LogP) is 3.08. The monoisotopic (exact) mass is 247 g/mol. The summed E-state index contributed by atoms with van der Waals surface area (Å²) < 4.78 is 4.92. The van der Waals surface area contributed by atoms with Crippen molar-refractivity contribution in [3.63, 3.8) is 0 Å². The molecule has 0 radical (unpaired) electrons. The summed E-state index contributed by atoms with van der Waals surface area (Å²) in [5.41, 5.74) is 1.25. The van der Waals surface area contributed by atoms with Crippen LogP contribution in [0.1, 0.15) is 26.7 Å². The Kier molecular flexibility index (Phi) is 3.60. The highest BCUT2D eigenvalue weighted by Crippen LogP contribution is 2.42. The Balaban J connectivity index is 2.12. The lowest BCUT2D eigenvalue weighted by atomic mass is 9.90. The van der Waals surface area contributed by atoms with Crippen molar-refractivity contribution < 1.29 is 9.53 Å². The molecule has 0 saturated heterocycles. The number of carbonyl (C=O) groups excluding carboxylic acids is 1. The van der Waals surface area contributed by atoms with Crippen LogP contribution in [0.4, 0.5) is 5.69 Å². The number of ether oxygens (including phenoxy) is 1. The fraction of sp³-hybridized carbons (Fsp3) is 0.533. The Bertz CT molecular complexity index is 414. The van der Waals surface area contributed by atoms with Crippen molar-refractivity contribution in [2.75, 3.05) is 12.4 Å². The van der Waals surface area contributed by atoms with Crippen LogP contribution in [-0.2, 0) is 9.53 Å². The molecule has 0 bridgehead atoms. The molecular formula is C15H21NO2. The molecule has 0 heterocycles. The zero-order valence-corrected chi connectivity index (χ0v) is 11.3. The van der Waals surface area contributed by atoms with Gasteiger partial charge in [-0.05, 0) is 30.4 Å². The van der Waals surface area contributed by atoms with E-state index in [2.05, 4.69) is 19.2 Å². The molecule has 0 spiro atoms. The van der Waals surface area contributed by atoms with Crippen LogP contribution in [0.25, 0.3) is 0 Å². The minimum Gasteiger partial charge on any atom is -0.469 e. The van der Waals surface area contributed by atoms with Gasteiger partial charge >= 0.3 is 5.97 Å². The van der Waals surface area contributed by atoms with E-state index in [4.69, 9.17) is 4.74 Å². The lowest BCUT2D eigenvalue weighted by Gasteiger charge is -2.20. The third-order valence-corrected chi connectivity index (χ3v) is 3.66. The van der Waals surface area contributed by atoms with Gasteiger partial charge in [-0.2, -0.15) is 0 Å². The number of hydrogen-bond acceptors (Lipinski definition) is 3. The molecule has 1 aliphatic carbocycles. The molecule has 1 saturated carbocycles. The topological polar surface area (TPSA) is 38.3 Å². The minimum atomic E-state index is -0.103. The van der Waals surface area contributed by atoms with E-state index in [-0.39, 0.29) is 23.3 Å². The quantitative estimate of drug-likeness (QED) is 0.834. The van der Waals surface area contributed by atoms with Gasteiger partial charge in [-0.3, -0.25) is 4.79 Å². The number of hydrogen-bond donors (Lipinski definition) is 1. The molecule has 2 unspecified atom stereocenters. The SMILES string of the molecule is COC(=O)C1CC(C)(C)CC1Nc1ccccc1. The highest BCUT2D eigenvalue weighted by molar-refractivity contribution is 5.74. The lowest BCUT2D eigenvalue weighted by molar-refractivity contribution is -0.145. The smallest absolute Gasteiger partial charge is 0.310 e. The van der Waals surface area contributed by atoms with Crippen LogP contribution in [0, 0.1) is 11.3 Å². The number of methoxy groups -OCH3 is 1. The highest BCUT2D eigenvalue weighted by atomic mass is 16.5. The number of nitrogens with one attached hydrogen (secondary N) is 1. The third kappa shape index (κ3) is 2.84. The van der Waals surface area contributed by atoms with Gasteiger partial charge in [0, 0.05) is 11.7 Å². The van der Waals surface area contributed by atoms with Crippen LogP contribution in [0.5, 0.6) is 0 Å². The second kappa shape index (κ2) is 5.01. The van der Waals surface area contributed by atoms with Gasteiger partial charge in [0.25, 0.3) is 0 Å². The highest BCUT2D eigenvalue weighted by Gasteiger charge is 2.43. The van der Waals surface area contributed by atoms with Gasteiger partial charge in [-0.15, -0.1) is 0 Å². The summed E-state index contributed by atoms with van der Waals surface area (Å²) in [5.74, 6) is -0.154. The Labute approximate surface area is 109 Å². The van der Waals surface area contributed by atoms with Crippen LogP contribution in [-0.4, -0.2) is 19.1 Å². The summed E-state index contributed by atoms with van der Waals surface area (Å²) in [5, 5.41) is 3.46. The van der Waals surface area contributed by atoms with Gasteiger partial charge in [0.05, 0.1) is 13.0 Å². The standard InChI is InChI=1S/C15H21NO2/c1-15(2)9-12(14(17)18-3)13(10-15)16-11-7-5-4-6-8-11/h4-8,12-13,16H,9-10H2,1-3H3. The average molecular weight is 247 g/mol. The Morgan fingerprint density at radius 1 is 1.28 bits per heavy atom. The molecule has 3 nitrogen and oxygen atoms in total. The first-order valence-corrected chi connectivity index (χ1v) is 6.41. The molecule has 1 aromatic rings. The van der Waals surface area contributed by atoms with Gasteiger partial charge in [-0.1, -0.05) is 32.0 Å². The molecule has 0 amide bonds. The van der Waals surface area contributed by atoms with E-state index in [0.29, 0.717) is 0 Å². The fourth-order valence-electron chi connectivity index (χ4n) is 2.86. The molecule has 0 aliphatic heterocycles. The summed E-state index contributed by atoms with van der Waals surface area (Å²) >= 11 is 0. The molecule has 1 fully saturated rings. The van der Waals surface area contributed by atoms with Crippen LogP contribution in [0.15, 0.2) is 30.3 Å². The van der Waals surface area contributed by atoms with Crippen LogP contribution in [0.2, 0.25) is 0 Å². The van der Waals surface area contributed by atoms with E-state index in [1.54, 1.807) is 0 Å². The molecule has 2 atom stereocenters. The first-order valence-electron chi connectivity index (χ1n) is 6.41. The van der Waals surface area contributed by atoms with E-state index in [1.807, 2.05) is 30.3 Å². The molecule has 1 aliphatic rings. The van der Waals surface area contributed by atoms with E-state index in [0.717, 1.165) is 18.5 Å². The maximum Gasteiger partial charge on any atom is 0.310 e. The van der Waals surface area contributed by atoms with E-state index in [9.17, 15) is 4.79 Å². The van der Waals surface area contributed by atoms with Crippen molar-refractivity contribution in [2.45, 2.75) is 32.7 Å². The first-order chi connectivity index (χ1) is 8.52. The number of carbonyl (C=O) groups is 1. The zero-order valence-electron chi connectivity index (χ0n) is 11.3. The van der Waals surface area contributed by atoms with Crippen molar-refractivity contribution >= 4 is 11.7 Å². The minimum absolute atomic E-state index is 0.0507. The second-order valence-corrected chi connectivity index (χ2v) is 5.82. The van der Waals surface area contributed by atoms with Crippen molar-refractivity contribution in [3.05, 3.63) is 30.3 Å². The molecule has 1 aromatic carbocycles. The van der Waals surface area contributed by atoms with Gasteiger partial charge in [0.2, 0.25) is 0 Å². The van der Waals surface area contributed by atoms with E-state index < -0.39 is 0 Å². The van der Waals surface area contributed by atoms with Crippen LogP contribution >= 0.6 is 0 Å². The molecule has 18 heavy (non-hydrogen) atoms. The van der Waals surface area contributed by atoms with Crippen LogP contribution in [0.3, 0.4) is 0 Å². The first kappa shape index (κ1) is 12.9. The van der Waals surface area contributed by atoms with Crippen molar-refractivity contribution in [1.29, 1.82) is 0 Å². The van der Waals surface area contributed by atoms with E-state index in [1.165, 1.54) is 7.11 Å². The van der Waals surface area contributed by atoms with Gasteiger partial charge in [0.1, 0.15) is 0 Å². The largest absolute Gasteiger partial charge is 0.469 e. The number of esters is 1. The summed E-state index contributed by atoms with van der Waals surface area (Å²) in [6.07, 6.45) is 1.87. The van der Waals surface area contributed by atoms with E-state index >= 15 is 0 Å². The van der Waals surface area contributed by atoms with Crippen molar-refractivity contribution in [3.8, 4) is 0 Å². The lowest BCUT2D eigenvalue weighted by Crippen LogP contribution is -2.30. The fourth-order valence-corrected chi connectivity index (χ4v) is 2.86. The molecular weight excluding hydrogens is 226 g/mol. The van der Waals surface area contributed by atoms with Gasteiger partial charge in [-0.25, -0.2) is 0 Å². The number of rotatable bonds is 3. The Morgan fingerprint density at radius 2 is 1.94 bits per heavy atom. The number of anilines is 1. The number of para-hydroxylation sites is 1. The maximum absolute atomic E-state index is 11.8. The summed E-state index contributed by atoms with van der Waals surface area (Å²) in [7, 11) is 1.47. The van der Waals surface area contributed by atoms with Crippen molar-refractivity contribution in [1.82, 2.24) is 0 Å². The normalized spacial score (nSPS) is 25.7. The average Bonchev–Trinajstić information content (AvgIpc) is 2.65. The zero-order chi connectivity index (χ0) is 13.2. The summed E-state index contributed by atoms with van der Waals surface area (Å²) in [6.45, 7) is 4.41. The third-order valence-electron chi connectivity index (χ3n) is 3.66. The second-order valence-electron chi connectivity index (χ2n) is 5.82. The van der Waals surface area contributed by atoms with Crippen LogP contribution < -0.4 is 5.32 Å². The Morgan fingerprint density at radius 3 is 2.56 bits per heavy atom. The maximum atomic E-state index is 11.8. The van der Waals surface area contributed by atoms with Gasteiger partial charge in [0.15, 0.2) is 0 Å².